The standard InChI is InChI=1S/C13H16N2O4/c1-3-11(16)14-9-6-5-8(13(18)19)7-10(9)15-12(17)4-2/h5-7H,3-4H2,1-2H3,(H,14,16)(H,15,17)(H,18,19)/p-1. The van der Waals surface area contributed by atoms with Gasteiger partial charge in [0.15, 0.2) is 0 Å². The number of carbonyl (C=O) groups excluding carboxylic acids is 3. The van der Waals surface area contributed by atoms with E-state index in [2.05, 4.69) is 10.6 Å². The molecule has 102 valence electrons. The van der Waals surface area contributed by atoms with Crippen LogP contribution in [0.3, 0.4) is 0 Å². The van der Waals surface area contributed by atoms with Crippen LogP contribution in [0.25, 0.3) is 0 Å². The van der Waals surface area contributed by atoms with Gasteiger partial charge in [0.1, 0.15) is 0 Å². The fourth-order valence-electron chi connectivity index (χ4n) is 1.36. The van der Waals surface area contributed by atoms with Crippen LogP contribution in [0.15, 0.2) is 18.2 Å². The summed E-state index contributed by atoms with van der Waals surface area (Å²) < 4.78 is 0. The largest absolute Gasteiger partial charge is 0.545 e. The summed E-state index contributed by atoms with van der Waals surface area (Å²) >= 11 is 0. The van der Waals surface area contributed by atoms with Crippen LogP contribution in [0, 0.1) is 0 Å². The molecule has 0 aliphatic heterocycles. The Morgan fingerprint density at radius 1 is 1.00 bits per heavy atom. The zero-order valence-corrected chi connectivity index (χ0v) is 10.8. The molecule has 0 bridgehead atoms. The summed E-state index contributed by atoms with van der Waals surface area (Å²) in [5.74, 6) is -1.85. The number of carboxylic acid groups (broad SMARTS) is 1. The molecule has 0 aliphatic rings. The van der Waals surface area contributed by atoms with E-state index in [1.54, 1.807) is 13.8 Å². The Morgan fingerprint density at radius 2 is 1.53 bits per heavy atom. The quantitative estimate of drug-likeness (QED) is 0.818. The van der Waals surface area contributed by atoms with Gasteiger partial charge in [-0.3, -0.25) is 9.59 Å². The maximum absolute atomic E-state index is 11.4. The van der Waals surface area contributed by atoms with Gasteiger partial charge in [0.05, 0.1) is 17.3 Å². The first kappa shape index (κ1) is 14.7. The molecule has 0 radical (unpaired) electrons. The molecule has 0 spiro atoms. The Kier molecular flexibility index (Phi) is 5.05. The molecule has 0 aliphatic carbocycles. The number of hydrogen-bond acceptors (Lipinski definition) is 4. The van der Waals surface area contributed by atoms with Crippen molar-refractivity contribution in [3.8, 4) is 0 Å². The molecule has 0 unspecified atom stereocenters. The maximum atomic E-state index is 11.4. The zero-order chi connectivity index (χ0) is 14.4. The molecule has 0 saturated heterocycles. The molecule has 1 rings (SSSR count). The van der Waals surface area contributed by atoms with Gasteiger partial charge in [0.2, 0.25) is 11.8 Å². The van der Waals surface area contributed by atoms with E-state index in [0.717, 1.165) is 0 Å². The van der Waals surface area contributed by atoms with Gasteiger partial charge in [0, 0.05) is 12.8 Å². The smallest absolute Gasteiger partial charge is 0.224 e. The summed E-state index contributed by atoms with van der Waals surface area (Å²) in [5, 5.41) is 15.9. The molecule has 6 nitrogen and oxygen atoms in total. The second-order valence-electron chi connectivity index (χ2n) is 3.85. The minimum atomic E-state index is -1.35. The van der Waals surface area contributed by atoms with Gasteiger partial charge in [0.25, 0.3) is 0 Å². The third-order valence-corrected chi connectivity index (χ3v) is 2.45. The number of benzene rings is 1. The highest BCUT2D eigenvalue weighted by Gasteiger charge is 2.09. The highest BCUT2D eigenvalue weighted by Crippen LogP contribution is 2.23. The van der Waals surface area contributed by atoms with E-state index in [-0.39, 0.29) is 35.9 Å². The van der Waals surface area contributed by atoms with Crippen LogP contribution in [0.5, 0.6) is 0 Å². The zero-order valence-electron chi connectivity index (χ0n) is 10.8. The molecule has 0 aromatic heterocycles. The molecule has 6 heteroatoms. The van der Waals surface area contributed by atoms with Crippen molar-refractivity contribution < 1.29 is 19.5 Å². The summed E-state index contributed by atoms with van der Waals surface area (Å²) in [6, 6.07) is 3.99. The Balaban J connectivity index is 3.10. The predicted molar refractivity (Wildman–Crippen MR) is 68.6 cm³/mol. The van der Waals surface area contributed by atoms with Crippen molar-refractivity contribution >= 4 is 29.2 Å². The van der Waals surface area contributed by atoms with Crippen LogP contribution in [0.1, 0.15) is 37.0 Å². The van der Waals surface area contributed by atoms with Crippen LogP contribution in [0.4, 0.5) is 11.4 Å². The van der Waals surface area contributed by atoms with E-state index in [0.29, 0.717) is 5.69 Å². The van der Waals surface area contributed by atoms with Crippen LogP contribution < -0.4 is 15.7 Å². The van der Waals surface area contributed by atoms with E-state index in [1.165, 1.54) is 18.2 Å². The molecule has 0 fully saturated rings. The number of rotatable bonds is 5. The SMILES string of the molecule is CCC(=O)Nc1ccc(C(=O)[O-])cc1NC(=O)CC. The van der Waals surface area contributed by atoms with Gasteiger partial charge in [-0.25, -0.2) is 0 Å². The normalized spacial score (nSPS) is 9.79. The van der Waals surface area contributed by atoms with E-state index in [4.69, 9.17) is 0 Å². The van der Waals surface area contributed by atoms with Crippen molar-refractivity contribution in [1.29, 1.82) is 0 Å². The van der Waals surface area contributed by atoms with Gasteiger partial charge in [-0.1, -0.05) is 19.9 Å². The molecule has 1 aromatic rings. The first-order valence-corrected chi connectivity index (χ1v) is 5.93. The Morgan fingerprint density at radius 3 is 2.00 bits per heavy atom. The van der Waals surface area contributed by atoms with Crippen LogP contribution in [-0.4, -0.2) is 17.8 Å². The Hall–Kier alpha value is -2.37. The lowest BCUT2D eigenvalue weighted by Gasteiger charge is -2.13. The van der Waals surface area contributed by atoms with Crippen molar-refractivity contribution in [2.24, 2.45) is 0 Å². The van der Waals surface area contributed by atoms with E-state index < -0.39 is 5.97 Å². The summed E-state index contributed by atoms with van der Waals surface area (Å²) in [4.78, 5) is 33.5. The maximum Gasteiger partial charge on any atom is 0.224 e. The van der Waals surface area contributed by atoms with E-state index in [9.17, 15) is 19.5 Å². The molecule has 0 saturated carbocycles. The number of carbonyl (C=O) groups is 3. The molecule has 2 amide bonds. The monoisotopic (exact) mass is 263 g/mol. The second-order valence-corrected chi connectivity index (χ2v) is 3.85. The van der Waals surface area contributed by atoms with Crippen LogP contribution >= 0.6 is 0 Å². The summed E-state index contributed by atoms with van der Waals surface area (Å²) in [6.45, 7) is 3.36. The Bertz CT molecular complexity index is 511. The summed E-state index contributed by atoms with van der Waals surface area (Å²) in [7, 11) is 0. The molecule has 0 heterocycles. The minimum Gasteiger partial charge on any atom is -0.545 e. The molecular formula is C13H15N2O4-. The van der Waals surface area contributed by atoms with Gasteiger partial charge >= 0.3 is 0 Å². The number of nitrogens with one attached hydrogen (secondary N) is 2. The number of anilines is 2. The topological polar surface area (TPSA) is 98.3 Å². The fourth-order valence-corrected chi connectivity index (χ4v) is 1.36. The van der Waals surface area contributed by atoms with E-state index in [1.807, 2.05) is 0 Å². The van der Waals surface area contributed by atoms with Crippen molar-refractivity contribution in [3.05, 3.63) is 23.8 Å². The molecule has 2 N–H and O–H groups in total. The van der Waals surface area contributed by atoms with Crippen LogP contribution in [0.2, 0.25) is 0 Å². The van der Waals surface area contributed by atoms with Crippen molar-refractivity contribution in [1.82, 2.24) is 0 Å². The van der Waals surface area contributed by atoms with Crippen molar-refractivity contribution in [3.63, 3.8) is 0 Å². The number of aromatic carboxylic acids is 1. The molecular weight excluding hydrogens is 248 g/mol. The van der Waals surface area contributed by atoms with Gasteiger partial charge in [-0.05, 0) is 17.7 Å². The molecule has 0 atom stereocenters. The second kappa shape index (κ2) is 6.53. The third-order valence-electron chi connectivity index (χ3n) is 2.45. The summed E-state index contributed by atoms with van der Waals surface area (Å²) in [6.07, 6.45) is 0.528. The number of hydrogen-bond donors (Lipinski definition) is 2. The highest BCUT2D eigenvalue weighted by molar-refractivity contribution is 6.01. The van der Waals surface area contributed by atoms with Crippen molar-refractivity contribution in [2.45, 2.75) is 26.7 Å². The lowest BCUT2D eigenvalue weighted by molar-refractivity contribution is -0.255. The number of carboxylic acids is 1. The summed E-state index contributed by atoms with van der Waals surface area (Å²) in [5.41, 5.74) is 0.537. The van der Waals surface area contributed by atoms with Gasteiger partial charge in [-0.15, -0.1) is 0 Å². The van der Waals surface area contributed by atoms with E-state index >= 15 is 0 Å². The predicted octanol–water partition coefficient (Wildman–Crippen LogP) is 0.747. The highest BCUT2D eigenvalue weighted by atomic mass is 16.4. The first-order valence-electron chi connectivity index (χ1n) is 5.93. The molecule has 1 aromatic carbocycles. The molecule has 19 heavy (non-hydrogen) atoms. The van der Waals surface area contributed by atoms with Gasteiger partial charge in [-0.2, -0.15) is 0 Å². The Labute approximate surface area is 110 Å². The lowest BCUT2D eigenvalue weighted by atomic mass is 10.1. The average Bonchev–Trinajstić information content (AvgIpc) is 2.39. The lowest BCUT2D eigenvalue weighted by Crippen LogP contribution is -2.23. The number of amides is 2. The minimum absolute atomic E-state index is 0.0686. The van der Waals surface area contributed by atoms with Crippen molar-refractivity contribution in [2.75, 3.05) is 10.6 Å². The average molecular weight is 263 g/mol. The third kappa shape index (κ3) is 4.09. The first-order chi connectivity index (χ1) is 8.97. The van der Waals surface area contributed by atoms with Crippen LogP contribution in [-0.2, 0) is 9.59 Å². The fraction of sp³-hybridized carbons (Fsp3) is 0.308. The van der Waals surface area contributed by atoms with Gasteiger partial charge < -0.3 is 20.5 Å².